The first-order chi connectivity index (χ1) is 21.0. The Kier molecular flexibility index (Phi) is 8.97. The van der Waals surface area contributed by atoms with Gasteiger partial charge in [-0.1, -0.05) is 79.4 Å². The number of benzene rings is 5. The highest BCUT2D eigenvalue weighted by Gasteiger charge is 2.20. The van der Waals surface area contributed by atoms with Crippen LogP contribution in [-0.4, -0.2) is 44.7 Å². The van der Waals surface area contributed by atoms with Crippen LogP contribution >= 0.6 is 0 Å². The first-order valence-electron chi connectivity index (χ1n) is 13.6. The largest absolute Gasteiger partial charge is 0.489 e. The Morgan fingerprint density at radius 3 is 2.00 bits per heavy atom. The Morgan fingerprint density at radius 1 is 0.744 bits per heavy atom. The van der Waals surface area contributed by atoms with Crippen LogP contribution < -0.4 is 20.1 Å². The maximum atomic E-state index is 12.8. The summed E-state index contributed by atoms with van der Waals surface area (Å²) in [5, 5.41) is 9.19. The molecule has 0 bridgehead atoms. The van der Waals surface area contributed by atoms with Gasteiger partial charge in [0.1, 0.15) is 18.1 Å². The number of carbonyl (C=O) groups is 3. The minimum atomic E-state index is -0.516. The van der Waals surface area contributed by atoms with E-state index in [1.807, 2.05) is 72.8 Å². The molecule has 8 nitrogen and oxygen atoms in total. The van der Waals surface area contributed by atoms with Gasteiger partial charge in [-0.15, -0.1) is 0 Å². The van der Waals surface area contributed by atoms with Crippen LogP contribution in [0.25, 0.3) is 32.7 Å². The number of carbonyl (C=O) groups excluding carboxylic acids is 3. The minimum absolute atomic E-state index is 0.280. The molecule has 5 aromatic carbocycles. The quantitative estimate of drug-likeness (QED) is 0.145. The molecule has 8 heteroatoms. The summed E-state index contributed by atoms with van der Waals surface area (Å²) in [4.78, 5) is 37.0. The molecular formula is C35H30N2O6. The Bertz CT molecular complexity index is 1830. The molecule has 0 unspecified atom stereocenters. The molecule has 0 atom stereocenters. The van der Waals surface area contributed by atoms with Gasteiger partial charge < -0.3 is 24.8 Å². The average molecular weight is 575 g/mol. The molecule has 5 aromatic rings. The van der Waals surface area contributed by atoms with E-state index in [-0.39, 0.29) is 13.2 Å². The lowest BCUT2D eigenvalue weighted by Crippen LogP contribution is -2.35. The Balaban J connectivity index is 1.37. The zero-order valence-corrected chi connectivity index (χ0v) is 23.6. The van der Waals surface area contributed by atoms with Gasteiger partial charge in [-0.2, -0.15) is 0 Å². The second-order valence-corrected chi connectivity index (χ2v) is 9.61. The van der Waals surface area contributed by atoms with Crippen LogP contribution in [0.2, 0.25) is 0 Å². The highest BCUT2D eigenvalue weighted by atomic mass is 16.5. The number of anilines is 1. The fourth-order valence-electron chi connectivity index (χ4n) is 4.83. The van der Waals surface area contributed by atoms with Gasteiger partial charge in [-0.3, -0.25) is 9.59 Å². The van der Waals surface area contributed by atoms with E-state index in [1.54, 1.807) is 24.3 Å². The molecule has 2 N–H and O–H groups in total. The molecule has 0 spiro atoms. The third kappa shape index (κ3) is 6.65. The average Bonchev–Trinajstić information content (AvgIpc) is 3.04. The molecule has 0 saturated heterocycles. The van der Waals surface area contributed by atoms with Gasteiger partial charge in [-0.05, 0) is 51.9 Å². The predicted molar refractivity (Wildman–Crippen MR) is 167 cm³/mol. The molecule has 0 radical (unpaired) electrons. The summed E-state index contributed by atoms with van der Waals surface area (Å²) in [5.74, 6) is -0.285. The topological polar surface area (TPSA) is 103 Å². The van der Waals surface area contributed by atoms with E-state index in [2.05, 4.69) is 17.2 Å². The summed E-state index contributed by atoms with van der Waals surface area (Å²) in [6.07, 6.45) is 1.69. The maximum absolute atomic E-state index is 12.8. The van der Waals surface area contributed by atoms with Crippen LogP contribution in [0.1, 0.15) is 10.4 Å². The van der Waals surface area contributed by atoms with E-state index in [1.165, 1.54) is 13.2 Å². The van der Waals surface area contributed by atoms with Gasteiger partial charge in [0.05, 0.1) is 19.2 Å². The lowest BCUT2D eigenvalue weighted by molar-refractivity contribution is -0.125. The van der Waals surface area contributed by atoms with Crippen LogP contribution in [0.3, 0.4) is 0 Å². The number of rotatable bonds is 11. The first kappa shape index (κ1) is 28.9. The molecule has 5 rings (SSSR count). The smallest absolute Gasteiger partial charge is 0.337 e. The molecule has 0 aromatic heterocycles. The molecule has 0 fully saturated rings. The van der Waals surface area contributed by atoms with E-state index < -0.39 is 17.8 Å². The molecule has 216 valence electrons. The molecule has 0 saturated carbocycles. The number of ether oxygens (including phenoxy) is 3. The predicted octanol–water partition coefficient (Wildman–Crippen LogP) is 6.15. The fraction of sp³-hybridized carbons (Fsp3) is 0.114. The highest BCUT2D eigenvalue weighted by molar-refractivity contribution is 6.10. The molecule has 0 heterocycles. The van der Waals surface area contributed by atoms with Crippen LogP contribution in [0, 0.1) is 0 Å². The number of nitrogens with one attached hydrogen (secondary N) is 2. The number of fused-ring (bicyclic) bond motifs is 2. The molecular weight excluding hydrogens is 544 g/mol. The van der Waals surface area contributed by atoms with Gasteiger partial charge in [-0.25, -0.2) is 4.79 Å². The summed E-state index contributed by atoms with van der Waals surface area (Å²) < 4.78 is 16.9. The highest BCUT2D eigenvalue weighted by Crippen LogP contribution is 2.45. The van der Waals surface area contributed by atoms with E-state index in [4.69, 9.17) is 14.2 Å². The Morgan fingerprint density at radius 2 is 1.37 bits per heavy atom. The zero-order valence-electron chi connectivity index (χ0n) is 23.6. The van der Waals surface area contributed by atoms with Crippen molar-refractivity contribution in [3.63, 3.8) is 0 Å². The van der Waals surface area contributed by atoms with Crippen molar-refractivity contribution >= 4 is 45.0 Å². The number of hydrogen-bond donors (Lipinski definition) is 2. The molecule has 2 amide bonds. The number of hydrogen-bond acceptors (Lipinski definition) is 6. The monoisotopic (exact) mass is 574 g/mol. The first-order valence-corrected chi connectivity index (χ1v) is 13.6. The van der Waals surface area contributed by atoms with Gasteiger partial charge in [0.2, 0.25) is 5.91 Å². The summed E-state index contributed by atoms with van der Waals surface area (Å²) in [6.45, 7) is 3.51. The van der Waals surface area contributed by atoms with Crippen LogP contribution in [0.15, 0.2) is 110 Å². The van der Waals surface area contributed by atoms with Crippen molar-refractivity contribution in [1.82, 2.24) is 5.32 Å². The van der Waals surface area contributed by atoms with Crippen LogP contribution in [0.4, 0.5) is 5.69 Å². The molecule has 43 heavy (non-hydrogen) atoms. The zero-order chi connectivity index (χ0) is 30.2. The van der Waals surface area contributed by atoms with E-state index in [0.717, 1.165) is 32.7 Å². The summed E-state index contributed by atoms with van der Waals surface area (Å²) >= 11 is 0. The van der Waals surface area contributed by atoms with Gasteiger partial charge in [0.15, 0.2) is 6.61 Å². The molecule has 0 aliphatic heterocycles. The lowest BCUT2D eigenvalue weighted by Gasteiger charge is -2.19. The van der Waals surface area contributed by atoms with Crippen molar-refractivity contribution in [2.75, 3.05) is 32.2 Å². The number of esters is 1. The SMILES string of the molecule is C=CCOc1ccc2ccccc2c1-c1c(OCC(=O)NCC(=O)Nc2cccc(C(=O)OC)c2)ccc2ccccc12. The van der Waals surface area contributed by atoms with Crippen LogP contribution in [0.5, 0.6) is 11.5 Å². The normalized spacial score (nSPS) is 10.6. The molecule has 0 aliphatic carbocycles. The third-order valence-corrected chi connectivity index (χ3v) is 6.76. The fourth-order valence-corrected chi connectivity index (χ4v) is 4.83. The Labute approximate surface area is 248 Å². The van der Waals surface area contributed by atoms with Crippen LogP contribution in [-0.2, 0) is 14.3 Å². The van der Waals surface area contributed by atoms with E-state index >= 15 is 0 Å². The third-order valence-electron chi connectivity index (χ3n) is 6.76. The van der Waals surface area contributed by atoms with Gasteiger partial charge >= 0.3 is 5.97 Å². The standard InChI is InChI=1S/C35H30N2O6/c1-3-19-42-29-17-15-23-9-4-6-13-27(23)33(29)34-28-14-7-5-10-24(28)16-18-30(34)43-22-32(39)36-21-31(38)37-26-12-8-11-25(20-26)35(40)41-2/h3-18,20H,1,19,21-22H2,2H3,(H,36,39)(H,37,38). The molecule has 0 aliphatic rings. The second kappa shape index (κ2) is 13.4. The summed E-state index contributed by atoms with van der Waals surface area (Å²) in [7, 11) is 1.28. The minimum Gasteiger partial charge on any atom is -0.489 e. The van der Waals surface area contributed by atoms with Crippen molar-refractivity contribution in [3.05, 3.63) is 115 Å². The van der Waals surface area contributed by atoms with E-state index in [0.29, 0.717) is 29.4 Å². The Hall–Kier alpha value is -5.63. The van der Waals surface area contributed by atoms with E-state index in [9.17, 15) is 14.4 Å². The number of methoxy groups -OCH3 is 1. The maximum Gasteiger partial charge on any atom is 0.337 e. The van der Waals surface area contributed by atoms with Gasteiger partial charge in [0, 0.05) is 16.8 Å². The summed E-state index contributed by atoms with van der Waals surface area (Å²) in [5.41, 5.74) is 2.35. The second-order valence-electron chi connectivity index (χ2n) is 9.61. The van der Waals surface area contributed by atoms with Crippen molar-refractivity contribution < 1.29 is 28.6 Å². The lowest BCUT2D eigenvalue weighted by atomic mass is 9.92. The van der Waals surface area contributed by atoms with Crippen molar-refractivity contribution in [3.8, 4) is 22.6 Å². The number of amides is 2. The summed E-state index contributed by atoms with van der Waals surface area (Å²) in [6, 6.07) is 30.0. The van der Waals surface area contributed by atoms with Crippen molar-refractivity contribution in [1.29, 1.82) is 0 Å². The van der Waals surface area contributed by atoms with Gasteiger partial charge in [0.25, 0.3) is 5.91 Å². The van der Waals surface area contributed by atoms with Crippen molar-refractivity contribution in [2.24, 2.45) is 0 Å². The van der Waals surface area contributed by atoms with Crippen molar-refractivity contribution in [2.45, 2.75) is 0 Å².